The van der Waals surface area contributed by atoms with Gasteiger partial charge in [-0.05, 0) is 49.7 Å². The Morgan fingerprint density at radius 3 is 2.76 bits per heavy atom. The van der Waals surface area contributed by atoms with Crippen molar-refractivity contribution in [3.8, 4) is 0 Å². The van der Waals surface area contributed by atoms with E-state index in [-0.39, 0.29) is 48.5 Å². The lowest BCUT2D eigenvalue weighted by Crippen LogP contribution is -2.36. The zero-order valence-corrected chi connectivity index (χ0v) is 20.4. The molecule has 1 aromatic rings. The van der Waals surface area contributed by atoms with Gasteiger partial charge in [0.2, 0.25) is 5.91 Å². The molecule has 2 fully saturated rings. The Morgan fingerprint density at radius 1 is 1.29 bits per heavy atom. The number of allylic oxidation sites excluding steroid dienone is 2. The van der Waals surface area contributed by atoms with E-state index in [1.165, 1.54) is 0 Å². The number of benzene rings is 1. The summed E-state index contributed by atoms with van der Waals surface area (Å²) >= 11 is 0. The number of unbranched alkanes of at least 4 members (excludes halogenated alkanes) is 1. The van der Waals surface area contributed by atoms with Gasteiger partial charge in [-0.15, -0.1) is 0 Å². The highest BCUT2D eigenvalue weighted by molar-refractivity contribution is 5.85. The average molecular weight is 472 g/mol. The van der Waals surface area contributed by atoms with Gasteiger partial charge in [-0.2, -0.15) is 0 Å². The summed E-state index contributed by atoms with van der Waals surface area (Å²) in [6.07, 6.45) is 10.7. The van der Waals surface area contributed by atoms with Crippen molar-refractivity contribution in [2.75, 3.05) is 13.2 Å². The van der Waals surface area contributed by atoms with E-state index in [1.54, 1.807) is 0 Å². The van der Waals surface area contributed by atoms with Crippen molar-refractivity contribution < 1.29 is 24.9 Å². The standard InChI is InChI=1S/C28H41NO5/c1-2-13-28(14-8-15-28)27(34)21-10-7-9-20(18-21)26-22(23(31)19-24(26)32)11-5-3-4-6-12-25(33)29-16-17-30/h3,5,7,9-10,18,22,24,26-27,30,32,34H,2,4,6,8,11-17,19H2,1H3,(H,29,33)/t22-,24+,26+,27?/m0/s1. The van der Waals surface area contributed by atoms with Gasteiger partial charge < -0.3 is 20.6 Å². The number of rotatable bonds is 13. The Morgan fingerprint density at radius 2 is 2.09 bits per heavy atom. The zero-order valence-electron chi connectivity index (χ0n) is 20.4. The van der Waals surface area contributed by atoms with Crippen LogP contribution >= 0.6 is 0 Å². The Hall–Kier alpha value is -2.02. The number of hydrogen-bond donors (Lipinski definition) is 4. The molecule has 6 heteroatoms. The van der Waals surface area contributed by atoms with E-state index in [1.807, 2.05) is 36.4 Å². The van der Waals surface area contributed by atoms with E-state index in [9.17, 15) is 19.8 Å². The second-order valence-electron chi connectivity index (χ2n) is 10.1. The number of carbonyl (C=O) groups is 2. The molecule has 3 rings (SSSR count). The van der Waals surface area contributed by atoms with E-state index in [0.29, 0.717) is 19.3 Å². The number of aliphatic hydroxyl groups excluding tert-OH is 3. The molecule has 1 unspecified atom stereocenters. The van der Waals surface area contributed by atoms with Gasteiger partial charge >= 0.3 is 0 Å². The predicted octanol–water partition coefficient (Wildman–Crippen LogP) is 3.95. The number of Topliss-reactive ketones (excluding diaryl/α,β-unsaturated/α-hetero) is 1. The van der Waals surface area contributed by atoms with Gasteiger partial charge in [0.15, 0.2) is 0 Å². The van der Waals surface area contributed by atoms with Crippen LogP contribution in [0.5, 0.6) is 0 Å². The molecule has 34 heavy (non-hydrogen) atoms. The van der Waals surface area contributed by atoms with Crippen LogP contribution in [-0.4, -0.2) is 46.3 Å². The summed E-state index contributed by atoms with van der Waals surface area (Å²) in [5.74, 6) is -0.531. The van der Waals surface area contributed by atoms with Gasteiger partial charge in [-0.3, -0.25) is 9.59 Å². The fourth-order valence-electron chi connectivity index (χ4n) is 5.79. The van der Waals surface area contributed by atoms with E-state index in [4.69, 9.17) is 5.11 Å². The Labute approximate surface area is 203 Å². The number of hydrogen-bond acceptors (Lipinski definition) is 5. The molecule has 0 heterocycles. The maximum atomic E-state index is 12.7. The van der Waals surface area contributed by atoms with Crippen LogP contribution in [0.25, 0.3) is 0 Å². The lowest BCUT2D eigenvalue weighted by molar-refractivity contribution is -0.121. The summed E-state index contributed by atoms with van der Waals surface area (Å²) in [5, 5.41) is 33.3. The molecule has 0 saturated heterocycles. The number of aliphatic hydroxyl groups is 3. The lowest BCUT2D eigenvalue weighted by atomic mass is 9.61. The topological polar surface area (TPSA) is 107 Å². The van der Waals surface area contributed by atoms with Crippen molar-refractivity contribution >= 4 is 11.7 Å². The quantitative estimate of drug-likeness (QED) is 0.257. The average Bonchev–Trinajstić information content (AvgIpc) is 3.09. The van der Waals surface area contributed by atoms with Crippen LogP contribution in [0.1, 0.15) is 94.3 Å². The molecule has 1 aromatic carbocycles. The maximum absolute atomic E-state index is 12.7. The molecule has 1 amide bonds. The van der Waals surface area contributed by atoms with E-state index in [0.717, 1.165) is 49.7 Å². The Bertz CT molecular complexity index is 847. The second kappa shape index (κ2) is 12.6. The summed E-state index contributed by atoms with van der Waals surface area (Å²) in [5.41, 5.74) is 1.79. The first-order valence-electron chi connectivity index (χ1n) is 12.9. The van der Waals surface area contributed by atoms with Gasteiger partial charge in [0.05, 0.1) is 18.8 Å². The minimum atomic E-state index is -0.707. The molecular weight excluding hydrogens is 430 g/mol. The van der Waals surface area contributed by atoms with Gasteiger partial charge in [-0.25, -0.2) is 0 Å². The van der Waals surface area contributed by atoms with E-state index in [2.05, 4.69) is 12.2 Å². The van der Waals surface area contributed by atoms with Crippen LogP contribution in [-0.2, 0) is 9.59 Å². The van der Waals surface area contributed by atoms with Crippen molar-refractivity contribution in [3.05, 3.63) is 47.5 Å². The third-order valence-electron chi connectivity index (χ3n) is 7.73. The second-order valence-corrected chi connectivity index (χ2v) is 10.1. The summed E-state index contributed by atoms with van der Waals surface area (Å²) < 4.78 is 0. The summed E-state index contributed by atoms with van der Waals surface area (Å²) in [7, 11) is 0. The minimum absolute atomic E-state index is 0.0331. The van der Waals surface area contributed by atoms with Crippen molar-refractivity contribution in [2.45, 2.75) is 89.3 Å². The summed E-state index contributed by atoms with van der Waals surface area (Å²) in [6.45, 7) is 2.38. The van der Waals surface area contributed by atoms with Crippen molar-refractivity contribution in [1.82, 2.24) is 5.32 Å². The SMILES string of the molecule is CCCC1(C(O)c2cccc([C@H]3[C@H](O)CC(=O)[C@@H]3CC=CCCCC(=O)NCCO)c2)CCC1. The third-order valence-corrected chi connectivity index (χ3v) is 7.73. The first kappa shape index (κ1) is 26.6. The molecule has 2 aliphatic rings. The van der Waals surface area contributed by atoms with Crippen LogP contribution < -0.4 is 5.32 Å². The smallest absolute Gasteiger partial charge is 0.220 e. The monoisotopic (exact) mass is 471 g/mol. The number of carbonyl (C=O) groups excluding carboxylic acids is 2. The molecule has 0 spiro atoms. The fourth-order valence-corrected chi connectivity index (χ4v) is 5.79. The molecule has 0 bridgehead atoms. The molecule has 0 aliphatic heterocycles. The molecule has 0 aromatic heterocycles. The number of nitrogens with one attached hydrogen (secondary N) is 1. The van der Waals surface area contributed by atoms with E-state index >= 15 is 0 Å². The van der Waals surface area contributed by atoms with Crippen molar-refractivity contribution in [3.63, 3.8) is 0 Å². The van der Waals surface area contributed by atoms with Gasteiger partial charge in [0.25, 0.3) is 0 Å². The fraction of sp³-hybridized carbons (Fsp3) is 0.643. The summed E-state index contributed by atoms with van der Waals surface area (Å²) in [4.78, 5) is 24.3. The molecule has 2 aliphatic carbocycles. The molecule has 4 atom stereocenters. The van der Waals surface area contributed by atoms with Crippen LogP contribution in [0.4, 0.5) is 0 Å². The zero-order chi connectivity index (χ0) is 24.6. The van der Waals surface area contributed by atoms with Gasteiger partial charge in [0, 0.05) is 36.6 Å². The molecule has 188 valence electrons. The van der Waals surface area contributed by atoms with Gasteiger partial charge in [-0.1, -0.05) is 56.2 Å². The van der Waals surface area contributed by atoms with E-state index < -0.39 is 12.2 Å². The highest BCUT2D eigenvalue weighted by Gasteiger charge is 2.44. The first-order chi connectivity index (χ1) is 16.4. The normalized spacial score (nSPS) is 24.8. The lowest BCUT2D eigenvalue weighted by Gasteiger charge is -2.46. The van der Waals surface area contributed by atoms with Crippen LogP contribution in [0.2, 0.25) is 0 Å². The summed E-state index contributed by atoms with van der Waals surface area (Å²) in [6, 6.07) is 7.89. The minimum Gasteiger partial charge on any atom is -0.395 e. The van der Waals surface area contributed by atoms with Crippen LogP contribution in [0.15, 0.2) is 36.4 Å². The first-order valence-corrected chi connectivity index (χ1v) is 12.9. The highest BCUT2D eigenvalue weighted by atomic mass is 16.3. The molecule has 2 saturated carbocycles. The van der Waals surface area contributed by atoms with Gasteiger partial charge in [0.1, 0.15) is 5.78 Å². The van der Waals surface area contributed by atoms with Crippen molar-refractivity contribution in [2.24, 2.45) is 11.3 Å². The number of amides is 1. The Balaban J connectivity index is 1.62. The maximum Gasteiger partial charge on any atom is 0.220 e. The molecule has 4 N–H and O–H groups in total. The molecule has 6 nitrogen and oxygen atoms in total. The molecule has 0 radical (unpaired) electrons. The van der Waals surface area contributed by atoms with Crippen LogP contribution in [0.3, 0.4) is 0 Å². The van der Waals surface area contributed by atoms with Crippen molar-refractivity contribution in [1.29, 1.82) is 0 Å². The largest absolute Gasteiger partial charge is 0.395 e. The highest BCUT2D eigenvalue weighted by Crippen LogP contribution is 2.53. The predicted molar refractivity (Wildman–Crippen MR) is 132 cm³/mol. The third kappa shape index (κ3) is 6.35. The Kier molecular flexibility index (Phi) is 9.86. The number of ketones is 1. The van der Waals surface area contributed by atoms with Crippen LogP contribution in [0, 0.1) is 11.3 Å². The molecular formula is C28H41NO5.